The molecular formula is C27H44N2O5S2. The van der Waals surface area contributed by atoms with E-state index in [0.29, 0.717) is 11.7 Å². The van der Waals surface area contributed by atoms with E-state index in [4.69, 9.17) is 4.55 Å². The lowest BCUT2D eigenvalue weighted by atomic mass is 10.0. The van der Waals surface area contributed by atoms with Crippen molar-refractivity contribution < 1.29 is 21.4 Å². The van der Waals surface area contributed by atoms with Crippen LogP contribution < -0.4 is 10.0 Å². The van der Waals surface area contributed by atoms with Gasteiger partial charge < -0.3 is 5.32 Å². The molecule has 204 valence electrons. The van der Waals surface area contributed by atoms with Crippen LogP contribution in [0.3, 0.4) is 0 Å². The summed E-state index contributed by atoms with van der Waals surface area (Å²) in [7, 11) is -7.21. The number of rotatable bonds is 15. The highest BCUT2D eigenvalue weighted by molar-refractivity contribution is 7.92. The van der Waals surface area contributed by atoms with Gasteiger partial charge in [-0.05, 0) is 75.4 Å². The lowest BCUT2D eigenvalue weighted by Gasteiger charge is -2.16. The predicted molar refractivity (Wildman–Crippen MR) is 150 cm³/mol. The van der Waals surface area contributed by atoms with Crippen molar-refractivity contribution in [2.24, 2.45) is 0 Å². The van der Waals surface area contributed by atoms with Crippen LogP contribution in [-0.4, -0.2) is 40.2 Å². The fourth-order valence-corrected chi connectivity index (χ4v) is 4.74. The SMILES string of the molecule is CCCCCCC(CC)NCCCCc1ccc(NS(C)(=O)=O)cc1.Cc1ccc(S(=O)(=O)O)cc1. The molecule has 0 heterocycles. The number of sulfonamides is 1. The standard InChI is InChI=1S/C20H36N2O2S.C7H8O3S/c1-4-6-7-8-12-19(5-2)21-17-10-9-11-18-13-15-20(16-14-18)22-25(3,23)24;1-6-2-4-7(5-3-6)11(8,9)10/h13-16,19,21-22H,4-12,17H2,1-3H3;2-5H,1H3,(H,8,9,10). The molecule has 9 heteroatoms. The maximum atomic E-state index is 11.2. The van der Waals surface area contributed by atoms with Crippen molar-refractivity contribution in [3.63, 3.8) is 0 Å². The first kappa shape index (κ1) is 32.1. The summed E-state index contributed by atoms with van der Waals surface area (Å²) in [6, 6.07) is 14.3. The molecule has 0 radical (unpaired) electrons. The molecule has 0 amide bonds. The second-order valence-electron chi connectivity index (χ2n) is 9.23. The third kappa shape index (κ3) is 15.2. The Kier molecular flexibility index (Phi) is 14.9. The van der Waals surface area contributed by atoms with Crippen LogP contribution in [0.4, 0.5) is 5.69 Å². The minimum Gasteiger partial charge on any atom is -0.314 e. The van der Waals surface area contributed by atoms with Gasteiger partial charge in [0.25, 0.3) is 10.1 Å². The number of nitrogens with one attached hydrogen (secondary N) is 2. The van der Waals surface area contributed by atoms with E-state index in [1.807, 2.05) is 31.2 Å². The highest BCUT2D eigenvalue weighted by Crippen LogP contribution is 2.13. The van der Waals surface area contributed by atoms with Crippen LogP contribution in [0.5, 0.6) is 0 Å². The van der Waals surface area contributed by atoms with Crippen molar-refractivity contribution in [3.05, 3.63) is 59.7 Å². The zero-order valence-electron chi connectivity index (χ0n) is 22.2. The molecule has 0 aliphatic carbocycles. The summed E-state index contributed by atoms with van der Waals surface area (Å²) < 4.78 is 54.4. The van der Waals surface area contributed by atoms with Gasteiger partial charge in [0.1, 0.15) is 0 Å². The van der Waals surface area contributed by atoms with Crippen molar-refractivity contribution in [3.8, 4) is 0 Å². The van der Waals surface area contributed by atoms with Crippen molar-refractivity contribution in [1.82, 2.24) is 5.32 Å². The number of anilines is 1. The van der Waals surface area contributed by atoms with Crippen LogP contribution in [0.15, 0.2) is 53.4 Å². The first-order valence-electron chi connectivity index (χ1n) is 12.8. The molecule has 0 bridgehead atoms. The summed E-state index contributed by atoms with van der Waals surface area (Å²) in [5.41, 5.74) is 2.84. The number of hydrogen-bond acceptors (Lipinski definition) is 5. The molecule has 1 atom stereocenters. The number of hydrogen-bond donors (Lipinski definition) is 3. The predicted octanol–water partition coefficient (Wildman–Crippen LogP) is 5.96. The van der Waals surface area contributed by atoms with E-state index in [-0.39, 0.29) is 4.90 Å². The van der Waals surface area contributed by atoms with Crippen molar-refractivity contribution in [1.29, 1.82) is 0 Å². The second kappa shape index (κ2) is 16.7. The third-order valence-electron chi connectivity index (χ3n) is 5.80. The maximum Gasteiger partial charge on any atom is 0.294 e. The zero-order chi connectivity index (χ0) is 27.0. The quantitative estimate of drug-likeness (QED) is 0.190. The van der Waals surface area contributed by atoms with E-state index < -0.39 is 20.1 Å². The summed E-state index contributed by atoms with van der Waals surface area (Å²) in [6.45, 7) is 7.45. The summed E-state index contributed by atoms with van der Waals surface area (Å²) >= 11 is 0. The van der Waals surface area contributed by atoms with Gasteiger partial charge in [-0.15, -0.1) is 0 Å². The Morgan fingerprint density at radius 3 is 2.00 bits per heavy atom. The molecule has 2 rings (SSSR count). The van der Waals surface area contributed by atoms with E-state index in [1.54, 1.807) is 12.1 Å². The van der Waals surface area contributed by atoms with Gasteiger partial charge in [-0.3, -0.25) is 9.27 Å². The smallest absolute Gasteiger partial charge is 0.294 e. The average molecular weight is 541 g/mol. The van der Waals surface area contributed by atoms with E-state index in [2.05, 4.69) is 23.9 Å². The van der Waals surface area contributed by atoms with Gasteiger partial charge in [-0.25, -0.2) is 8.42 Å². The van der Waals surface area contributed by atoms with Crippen LogP contribution in [0, 0.1) is 6.92 Å². The van der Waals surface area contributed by atoms with Gasteiger partial charge >= 0.3 is 0 Å². The molecule has 1 unspecified atom stereocenters. The summed E-state index contributed by atoms with van der Waals surface area (Å²) in [4.78, 5) is -0.0666. The Hall–Kier alpha value is -1.94. The Bertz CT molecular complexity index is 1070. The van der Waals surface area contributed by atoms with Crippen molar-refractivity contribution in [2.75, 3.05) is 17.5 Å². The van der Waals surface area contributed by atoms with Gasteiger partial charge in [0.15, 0.2) is 0 Å². The lowest BCUT2D eigenvalue weighted by Crippen LogP contribution is -2.29. The number of unbranched alkanes of at least 4 members (excludes halogenated alkanes) is 4. The normalized spacial score (nSPS) is 12.5. The molecule has 2 aromatic rings. The molecule has 2 aromatic carbocycles. The van der Waals surface area contributed by atoms with Crippen LogP contribution in [0.2, 0.25) is 0 Å². The lowest BCUT2D eigenvalue weighted by molar-refractivity contribution is 0.438. The van der Waals surface area contributed by atoms with E-state index >= 15 is 0 Å². The summed E-state index contributed by atoms with van der Waals surface area (Å²) in [5.74, 6) is 0. The fourth-order valence-electron chi connectivity index (χ4n) is 3.69. The first-order chi connectivity index (χ1) is 16.9. The van der Waals surface area contributed by atoms with E-state index in [9.17, 15) is 16.8 Å². The molecular weight excluding hydrogens is 496 g/mol. The molecule has 7 nitrogen and oxygen atoms in total. The second-order valence-corrected chi connectivity index (χ2v) is 12.4. The minimum atomic E-state index is -4.02. The zero-order valence-corrected chi connectivity index (χ0v) is 23.8. The monoisotopic (exact) mass is 540 g/mol. The molecule has 0 aromatic heterocycles. The minimum absolute atomic E-state index is 0.0666. The Labute approximate surface area is 218 Å². The number of aryl methyl sites for hydroxylation is 2. The van der Waals surface area contributed by atoms with Gasteiger partial charge in [-0.2, -0.15) is 8.42 Å². The molecule has 0 aliphatic heterocycles. The van der Waals surface area contributed by atoms with Crippen LogP contribution >= 0.6 is 0 Å². The van der Waals surface area contributed by atoms with Gasteiger partial charge in [0.05, 0.1) is 11.2 Å². The molecule has 0 fully saturated rings. The summed E-state index contributed by atoms with van der Waals surface area (Å²) in [6.07, 6.45) is 12.4. The van der Waals surface area contributed by atoms with Gasteiger partial charge in [-0.1, -0.05) is 69.4 Å². The highest BCUT2D eigenvalue weighted by atomic mass is 32.2. The largest absolute Gasteiger partial charge is 0.314 e. The van der Waals surface area contributed by atoms with E-state index in [0.717, 1.165) is 24.9 Å². The fraction of sp³-hybridized carbons (Fsp3) is 0.556. The molecule has 0 saturated carbocycles. The maximum absolute atomic E-state index is 11.2. The summed E-state index contributed by atoms with van der Waals surface area (Å²) in [5, 5.41) is 3.69. The Morgan fingerprint density at radius 2 is 1.47 bits per heavy atom. The van der Waals surface area contributed by atoms with Crippen LogP contribution in [0.1, 0.15) is 76.3 Å². The molecule has 0 saturated heterocycles. The Balaban J connectivity index is 0.000000488. The van der Waals surface area contributed by atoms with Gasteiger partial charge in [0.2, 0.25) is 10.0 Å². The van der Waals surface area contributed by atoms with Crippen molar-refractivity contribution >= 4 is 25.8 Å². The van der Waals surface area contributed by atoms with Crippen LogP contribution in [-0.2, 0) is 26.6 Å². The highest BCUT2D eigenvalue weighted by Gasteiger charge is 2.07. The van der Waals surface area contributed by atoms with Crippen molar-refractivity contribution in [2.45, 2.75) is 89.5 Å². The third-order valence-corrected chi connectivity index (χ3v) is 7.27. The van der Waals surface area contributed by atoms with Gasteiger partial charge in [0, 0.05) is 11.7 Å². The molecule has 3 N–H and O–H groups in total. The van der Waals surface area contributed by atoms with Crippen LogP contribution in [0.25, 0.3) is 0 Å². The first-order valence-corrected chi connectivity index (χ1v) is 16.1. The molecule has 0 aliphatic rings. The topological polar surface area (TPSA) is 113 Å². The Morgan fingerprint density at radius 1 is 0.833 bits per heavy atom. The molecule has 0 spiro atoms. The average Bonchev–Trinajstić information content (AvgIpc) is 2.80. The number of benzene rings is 2. The van der Waals surface area contributed by atoms with E-state index in [1.165, 1.54) is 68.9 Å². The molecule has 36 heavy (non-hydrogen) atoms.